The smallest absolute Gasteiger partial charge is 0.254 e. The molecule has 1 N–H and O–H groups in total. The van der Waals surface area contributed by atoms with E-state index in [4.69, 9.17) is 9.47 Å². The van der Waals surface area contributed by atoms with E-state index in [0.717, 1.165) is 43.2 Å². The van der Waals surface area contributed by atoms with Crippen LogP contribution in [0.2, 0.25) is 0 Å². The number of morpholine rings is 1. The van der Waals surface area contributed by atoms with Crippen molar-refractivity contribution in [2.75, 3.05) is 37.8 Å². The second-order valence-electron chi connectivity index (χ2n) is 6.79. The Balaban J connectivity index is 1.57. The summed E-state index contributed by atoms with van der Waals surface area (Å²) in [6, 6.07) is 3.92. The zero-order valence-electron chi connectivity index (χ0n) is 14.5. The number of rotatable bonds is 2. The van der Waals surface area contributed by atoms with Crippen molar-refractivity contribution in [1.82, 2.24) is 15.0 Å². The van der Waals surface area contributed by atoms with Crippen LogP contribution in [0.5, 0.6) is 0 Å². The number of aryl methyl sites for hydroxylation is 1. The minimum Gasteiger partial charge on any atom is -0.378 e. The molecule has 2 fully saturated rings. The molecule has 2 aromatic rings. The van der Waals surface area contributed by atoms with Crippen molar-refractivity contribution in [3.05, 3.63) is 39.9 Å². The molecule has 0 aromatic carbocycles. The van der Waals surface area contributed by atoms with Crippen LogP contribution >= 0.6 is 0 Å². The van der Waals surface area contributed by atoms with Gasteiger partial charge in [0.2, 0.25) is 0 Å². The van der Waals surface area contributed by atoms with Gasteiger partial charge in [-0.2, -0.15) is 0 Å². The molecule has 0 bridgehead atoms. The van der Waals surface area contributed by atoms with Gasteiger partial charge in [-0.1, -0.05) is 0 Å². The molecule has 2 aliphatic rings. The molecule has 0 radical (unpaired) electrons. The monoisotopic (exact) mass is 342 g/mol. The van der Waals surface area contributed by atoms with Crippen molar-refractivity contribution in [1.29, 1.82) is 0 Å². The van der Waals surface area contributed by atoms with Gasteiger partial charge in [0.25, 0.3) is 5.56 Å². The second-order valence-corrected chi connectivity index (χ2v) is 6.79. The summed E-state index contributed by atoms with van der Waals surface area (Å²) in [5.41, 5.74) is 1.88. The van der Waals surface area contributed by atoms with E-state index in [1.165, 1.54) is 0 Å². The van der Waals surface area contributed by atoms with Crippen molar-refractivity contribution in [2.45, 2.75) is 25.9 Å². The van der Waals surface area contributed by atoms with Gasteiger partial charge in [0.1, 0.15) is 17.2 Å². The van der Waals surface area contributed by atoms with Gasteiger partial charge in [-0.3, -0.25) is 4.79 Å². The van der Waals surface area contributed by atoms with E-state index in [9.17, 15) is 4.79 Å². The molecule has 7 heteroatoms. The molecule has 1 unspecified atom stereocenters. The summed E-state index contributed by atoms with van der Waals surface area (Å²) in [6.07, 6.45) is 2.69. The van der Waals surface area contributed by atoms with E-state index in [2.05, 4.69) is 19.9 Å². The standard InChI is InChI=1S/C18H22N4O3/c1-12-13(2)20-16(21-17(12)23)14-3-4-15(19-9-14)22-6-8-25-18(10-22)5-7-24-11-18/h3-4,9H,5-8,10-11H2,1-2H3,(H,20,21,23). The van der Waals surface area contributed by atoms with Crippen molar-refractivity contribution < 1.29 is 9.47 Å². The normalized spacial score (nSPS) is 23.4. The fourth-order valence-electron chi connectivity index (χ4n) is 3.36. The summed E-state index contributed by atoms with van der Waals surface area (Å²) < 4.78 is 11.5. The van der Waals surface area contributed by atoms with Gasteiger partial charge in [-0.05, 0) is 26.0 Å². The zero-order chi connectivity index (χ0) is 17.4. The van der Waals surface area contributed by atoms with Gasteiger partial charge < -0.3 is 19.4 Å². The third kappa shape index (κ3) is 3.05. The highest BCUT2D eigenvalue weighted by molar-refractivity contribution is 5.56. The minimum atomic E-state index is -0.195. The number of hydrogen-bond donors (Lipinski definition) is 1. The molecular formula is C18H22N4O3. The predicted molar refractivity (Wildman–Crippen MR) is 93.9 cm³/mol. The van der Waals surface area contributed by atoms with Gasteiger partial charge >= 0.3 is 0 Å². The van der Waals surface area contributed by atoms with Crippen LogP contribution in [0.4, 0.5) is 5.82 Å². The maximum atomic E-state index is 11.9. The second kappa shape index (κ2) is 6.24. The van der Waals surface area contributed by atoms with Crippen molar-refractivity contribution in [2.24, 2.45) is 0 Å². The first-order valence-corrected chi connectivity index (χ1v) is 8.57. The Morgan fingerprint density at radius 1 is 1.28 bits per heavy atom. The summed E-state index contributed by atoms with van der Waals surface area (Å²) in [5, 5.41) is 0. The van der Waals surface area contributed by atoms with Crippen LogP contribution in [-0.2, 0) is 9.47 Å². The lowest BCUT2D eigenvalue weighted by molar-refractivity contribution is -0.0581. The lowest BCUT2D eigenvalue weighted by atomic mass is 10.0. The van der Waals surface area contributed by atoms with Gasteiger partial charge in [0, 0.05) is 42.6 Å². The van der Waals surface area contributed by atoms with E-state index in [1.54, 1.807) is 13.1 Å². The third-order valence-corrected chi connectivity index (χ3v) is 5.06. The van der Waals surface area contributed by atoms with Crippen LogP contribution in [-0.4, -0.2) is 53.5 Å². The summed E-state index contributed by atoms with van der Waals surface area (Å²) in [6.45, 7) is 7.30. The quantitative estimate of drug-likeness (QED) is 0.890. The molecule has 132 valence electrons. The van der Waals surface area contributed by atoms with E-state index < -0.39 is 0 Å². The highest BCUT2D eigenvalue weighted by Crippen LogP contribution is 2.29. The maximum absolute atomic E-state index is 11.9. The van der Waals surface area contributed by atoms with Crippen LogP contribution in [0.1, 0.15) is 17.7 Å². The largest absolute Gasteiger partial charge is 0.378 e. The Kier molecular flexibility index (Phi) is 4.05. The molecule has 0 aliphatic carbocycles. The Morgan fingerprint density at radius 2 is 2.16 bits per heavy atom. The number of H-pyrrole nitrogens is 1. The molecule has 2 aliphatic heterocycles. The number of pyridine rings is 1. The van der Waals surface area contributed by atoms with Crippen molar-refractivity contribution in [3.8, 4) is 11.4 Å². The Bertz CT molecular complexity index is 825. The maximum Gasteiger partial charge on any atom is 0.254 e. The average Bonchev–Trinajstić information content (AvgIpc) is 3.07. The molecule has 4 rings (SSSR count). The molecule has 1 atom stereocenters. The SMILES string of the molecule is Cc1nc(-c2ccc(N3CCOC4(CCOC4)C3)nc2)[nH]c(=O)c1C. The molecule has 1 spiro atoms. The molecule has 7 nitrogen and oxygen atoms in total. The Labute approximate surface area is 146 Å². The summed E-state index contributed by atoms with van der Waals surface area (Å²) in [4.78, 5) is 26.0. The number of nitrogens with zero attached hydrogens (tertiary/aromatic N) is 3. The van der Waals surface area contributed by atoms with Gasteiger partial charge in [-0.25, -0.2) is 9.97 Å². The van der Waals surface area contributed by atoms with Crippen molar-refractivity contribution >= 4 is 5.82 Å². The number of ether oxygens (including phenoxy) is 2. The first kappa shape index (κ1) is 16.2. The van der Waals surface area contributed by atoms with Crippen molar-refractivity contribution in [3.63, 3.8) is 0 Å². The number of nitrogens with one attached hydrogen (secondary N) is 1. The van der Waals surface area contributed by atoms with E-state index in [-0.39, 0.29) is 11.2 Å². The average molecular weight is 342 g/mol. The lowest BCUT2D eigenvalue weighted by Gasteiger charge is -2.40. The number of anilines is 1. The summed E-state index contributed by atoms with van der Waals surface area (Å²) in [7, 11) is 0. The fraction of sp³-hybridized carbons (Fsp3) is 0.500. The highest BCUT2D eigenvalue weighted by Gasteiger charge is 2.40. The van der Waals surface area contributed by atoms with Gasteiger partial charge in [0.15, 0.2) is 0 Å². The molecule has 0 amide bonds. The Hall–Kier alpha value is -2.25. The number of hydrogen-bond acceptors (Lipinski definition) is 6. The van der Waals surface area contributed by atoms with E-state index in [0.29, 0.717) is 24.6 Å². The van der Waals surface area contributed by atoms with E-state index in [1.807, 2.05) is 19.1 Å². The predicted octanol–water partition coefficient (Wildman–Crippen LogP) is 1.44. The fourth-order valence-corrected chi connectivity index (χ4v) is 3.36. The van der Waals surface area contributed by atoms with Crippen LogP contribution < -0.4 is 10.5 Å². The summed E-state index contributed by atoms with van der Waals surface area (Å²) in [5.74, 6) is 1.46. The molecule has 0 saturated carbocycles. The van der Waals surface area contributed by atoms with Gasteiger partial charge in [0.05, 0.1) is 19.8 Å². The third-order valence-electron chi connectivity index (χ3n) is 5.06. The van der Waals surface area contributed by atoms with Crippen LogP contribution in [0.3, 0.4) is 0 Å². The van der Waals surface area contributed by atoms with Crippen LogP contribution in [0.15, 0.2) is 23.1 Å². The lowest BCUT2D eigenvalue weighted by Crippen LogP contribution is -2.52. The van der Waals surface area contributed by atoms with E-state index >= 15 is 0 Å². The van der Waals surface area contributed by atoms with Crippen LogP contribution in [0, 0.1) is 13.8 Å². The number of aromatic amines is 1. The topological polar surface area (TPSA) is 80.3 Å². The first-order chi connectivity index (χ1) is 12.1. The molecule has 25 heavy (non-hydrogen) atoms. The highest BCUT2D eigenvalue weighted by atomic mass is 16.6. The van der Waals surface area contributed by atoms with Crippen LogP contribution in [0.25, 0.3) is 11.4 Å². The first-order valence-electron chi connectivity index (χ1n) is 8.57. The molecule has 4 heterocycles. The zero-order valence-corrected chi connectivity index (χ0v) is 14.5. The van der Waals surface area contributed by atoms with Gasteiger partial charge in [-0.15, -0.1) is 0 Å². The molecular weight excluding hydrogens is 320 g/mol. The molecule has 2 aromatic heterocycles. The number of aromatic nitrogens is 3. The molecule has 2 saturated heterocycles. The minimum absolute atomic E-state index is 0.108. The summed E-state index contributed by atoms with van der Waals surface area (Å²) >= 11 is 0. The Morgan fingerprint density at radius 3 is 2.84 bits per heavy atom.